The van der Waals surface area contributed by atoms with Gasteiger partial charge in [0.05, 0.1) is 16.4 Å². The zero-order valence-electron chi connectivity index (χ0n) is 14.3. The van der Waals surface area contributed by atoms with Crippen molar-refractivity contribution in [2.24, 2.45) is 4.99 Å². The molecule has 4 rings (SSSR count). The van der Waals surface area contributed by atoms with Crippen molar-refractivity contribution in [2.45, 2.75) is 0 Å². The Kier molecular flexibility index (Phi) is 5.05. The second-order valence-corrected chi connectivity index (χ2v) is 6.77. The van der Waals surface area contributed by atoms with Crippen LogP contribution in [0.25, 0.3) is 16.9 Å². The van der Waals surface area contributed by atoms with Crippen molar-refractivity contribution in [2.75, 3.05) is 0 Å². The van der Waals surface area contributed by atoms with Crippen LogP contribution in [-0.4, -0.2) is 16.0 Å². The lowest BCUT2D eigenvalue weighted by Gasteiger charge is -2.04. The van der Waals surface area contributed by atoms with E-state index in [0.29, 0.717) is 15.9 Å². The maximum atomic E-state index is 6.26. The number of aromatic nitrogens is 2. The molecule has 5 heteroatoms. The molecule has 0 atom stereocenters. The van der Waals surface area contributed by atoms with E-state index >= 15 is 0 Å². The zero-order chi connectivity index (χ0) is 18.6. The lowest BCUT2D eigenvalue weighted by molar-refractivity contribution is 0.885. The molecule has 27 heavy (non-hydrogen) atoms. The van der Waals surface area contributed by atoms with Gasteiger partial charge in [-0.05, 0) is 24.3 Å². The Hall–Kier alpha value is -2.88. The topological polar surface area (TPSA) is 30.2 Å². The Morgan fingerprint density at radius 2 is 1.52 bits per heavy atom. The number of hydrogen-bond donors (Lipinski definition) is 0. The number of para-hydroxylation sites is 1. The normalized spacial score (nSPS) is 11.2. The van der Waals surface area contributed by atoms with E-state index in [2.05, 4.69) is 4.99 Å². The SMILES string of the molecule is Clc1ccc(C=Nc2cc(-c3ccccc3)nn2-c2ccccc2)c(Cl)c1. The zero-order valence-corrected chi connectivity index (χ0v) is 15.8. The first kappa shape index (κ1) is 17.5. The first-order chi connectivity index (χ1) is 13.2. The minimum Gasteiger partial charge on any atom is -0.236 e. The van der Waals surface area contributed by atoms with Gasteiger partial charge in [-0.25, -0.2) is 9.67 Å². The maximum Gasteiger partial charge on any atom is 0.156 e. The molecule has 0 bridgehead atoms. The second-order valence-electron chi connectivity index (χ2n) is 5.93. The Morgan fingerprint density at radius 3 is 2.22 bits per heavy atom. The summed E-state index contributed by atoms with van der Waals surface area (Å²) in [4.78, 5) is 4.64. The molecule has 0 unspecified atom stereocenters. The predicted octanol–water partition coefficient (Wildman–Crippen LogP) is 6.60. The highest BCUT2D eigenvalue weighted by atomic mass is 35.5. The van der Waals surface area contributed by atoms with E-state index in [1.54, 1.807) is 18.3 Å². The lowest BCUT2D eigenvalue weighted by Crippen LogP contribution is -1.96. The third-order valence-corrected chi connectivity index (χ3v) is 4.62. The van der Waals surface area contributed by atoms with Gasteiger partial charge in [-0.15, -0.1) is 0 Å². The molecule has 0 spiro atoms. The van der Waals surface area contributed by atoms with E-state index in [9.17, 15) is 0 Å². The second kappa shape index (κ2) is 7.78. The van der Waals surface area contributed by atoms with E-state index in [0.717, 1.165) is 22.5 Å². The molecule has 0 aliphatic carbocycles. The lowest BCUT2D eigenvalue weighted by atomic mass is 10.2. The number of hydrogen-bond acceptors (Lipinski definition) is 2. The van der Waals surface area contributed by atoms with Crippen LogP contribution >= 0.6 is 23.2 Å². The minimum absolute atomic E-state index is 0.556. The van der Waals surface area contributed by atoms with Crippen molar-refractivity contribution in [3.05, 3.63) is 101 Å². The molecule has 0 radical (unpaired) electrons. The molecule has 3 aromatic carbocycles. The highest BCUT2D eigenvalue weighted by molar-refractivity contribution is 6.36. The molecule has 0 fully saturated rings. The van der Waals surface area contributed by atoms with Crippen LogP contribution in [0.15, 0.2) is 89.9 Å². The van der Waals surface area contributed by atoms with E-state index in [4.69, 9.17) is 28.3 Å². The van der Waals surface area contributed by atoms with E-state index in [1.165, 1.54) is 0 Å². The number of halogens is 2. The van der Waals surface area contributed by atoms with Crippen molar-refractivity contribution in [1.29, 1.82) is 0 Å². The quantitative estimate of drug-likeness (QED) is 0.360. The van der Waals surface area contributed by atoms with E-state index in [-0.39, 0.29) is 0 Å². The molecule has 0 N–H and O–H groups in total. The summed E-state index contributed by atoms with van der Waals surface area (Å²) in [5, 5.41) is 5.90. The number of rotatable bonds is 4. The Labute approximate surface area is 167 Å². The third-order valence-electron chi connectivity index (χ3n) is 4.06. The van der Waals surface area contributed by atoms with Crippen molar-refractivity contribution in [3.63, 3.8) is 0 Å². The average molecular weight is 392 g/mol. The van der Waals surface area contributed by atoms with Gasteiger partial charge in [0.25, 0.3) is 0 Å². The van der Waals surface area contributed by atoms with Crippen LogP contribution < -0.4 is 0 Å². The van der Waals surface area contributed by atoms with Crippen LogP contribution in [-0.2, 0) is 0 Å². The largest absolute Gasteiger partial charge is 0.236 e. The summed E-state index contributed by atoms with van der Waals surface area (Å²) in [6.07, 6.45) is 1.73. The summed E-state index contributed by atoms with van der Waals surface area (Å²) in [5.74, 6) is 0.714. The van der Waals surface area contributed by atoms with Crippen LogP contribution in [0.4, 0.5) is 5.82 Å². The van der Waals surface area contributed by atoms with Crippen molar-refractivity contribution in [1.82, 2.24) is 9.78 Å². The van der Waals surface area contributed by atoms with E-state index < -0.39 is 0 Å². The average Bonchev–Trinajstić information content (AvgIpc) is 3.13. The first-order valence-corrected chi connectivity index (χ1v) is 9.16. The van der Waals surface area contributed by atoms with Crippen LogP contribution in [0.2, 0.25) is 10.0 Å². The van der Waals surface area contributed by atoms with Crippen LogP contribution in [0.1, 0.15) is 5.56 Å². The molecular formula is C22H15Cl2N3. The fraction of sp³-hybridized carbons (Fsp3) is 0. The van der Waals surface area contributed by atoms with Gasteiger partial charge >= 0.3 is 0 Å². The van der Waals surface area contributed by atoms with Crippen molar-refractivity contribution >= 4 is 35.2 Å². The minimum atomic E-state index is 0.556. The molecular weight excluding hydrogens is 377 g/mol. The molecule has 0 saturated carbocycles. The third kappa shape index (κ3) is 3.95. The van der Waals surface area contributed by atoms with Crippen molar-refractivity contribution in [3.8, 4) is 16.9 Å². The van der Waals surface area contributed by atoms with Gasteiger partial charge in [0, 0.05) is 28.4 Å². The number of nitrogens with zero attached hydrogens (tertiary/aromatic N) is 3. The summed E-state index contributed by atoms with van der Waals surface area (Å²) >= 11 is 12.2. The van der Waals surface area contributed by atoms with Gasteiger partial charge in [0.1, 0.15) is 0 Å². The van der Waals surface area contributed by atoms with Crippen LogP contribution in [0, 0.1) is 0 Å². The maximum absolute atomic E-state index is 6.26. The van der Waals surface area contributed by atoms with Gasteiger partial charge in [0.2, 0.25) is 0 Å². The highest BCUT2D eigenvalue weighted by Crippen LogP contribution is 2.27. The molecule has 0 amide bonds. The predicted molar refractivity (Wildman–Crippen MR) is 113 cm³/mol. The fourth-order valence-electron chi connectivity index (χ4n) is 2.71. The van der Waals surface area contributed by atoms with Gasteiger partial charge in [-0.3, -0.25) is 0 Å². The fourth-order valence-corrected chi connectivity index (χ4v) is 3.17. The van der Waals surface area contributed by atoms with Crippen LogP contribution in [0.3, 0.4) is 0 Å². The Morgan fingerprint density at radius 1 is 0.815 bits per heavy atom. The summed E-state index contributed by atoms with van der Waals surface area (Å²) in [6.45, 7) is 0. The highest BCUT2D eigenvalue weighted by Gasteiger charge is 2.10. The smallest absolute Gasteiger partial charge is 0.156 e. The first-order valence-electron chi connectivity index (χ1n) is 8.41. The van der Waals surface area contributed by atoms with E-state index in [1.807, 2.05) is 77.5 Å². The van der Waals surface area contributed by atoms with Crippen molar-refractivity contribution < 1.29 is 0 Å². The number of aliphatic imine (C=N–C) groups is 1. The molecule has 3 nitrogen and oxygen atoms in total. The summed E-state index contributed by atoms with van der Waals surface area (Å²) < 4.78 is 1.82. The summed E-state index contributed by atoms with van der Waals surface area (Å²) in [7, 11) is 0. The van der Waals surface area contributed by atoms with Crippen LogP contribution in [0.5, 0.6) is 0 Å². The monoisotopic (exact) mass is 391 g/mol. The molecule has 1 heterocycles. The Balaban J connectivity index is 1.78. The number of benzene rings is 3. The molecule has 1 aromatic heterocycles. The van der Waals surface area contributed by atoms with Gasteiger partial charge < -0.3 is 0 Å². The molecule has 0 aliphatic heterocycles. The molecule has 132 valence electrons. The molecule has 0 saturated heterocycles. The summed E-state index contributed by atoms with van der Waals surface area (Å²) in [6, 6.07) is 27.2. The van der Waals surface area contributed by atoms with Gasteiger partial charge in [-0.1, -0.05) is 77.8 Å². The Bertz CT molecular complexity index is 1090. The van der Waals surface area contributed by atoms with Gasteiger partial charge in [-0.2, -0.15) is 5.10 Å². The van der Waals surface area contributed by atoms with Gasteiger partial charge in [0.15, 0.2) is 5.82 Å². The molecule has 0 aliphatic rings. The molecule has 4 aromatic rings. The summed E-state index contributed by atoms with van der Waals surface area (Å²) in [5.41, 5.74) is 3.62. The standard InChI is InChI=1S/C22H15Cl2N3/c23-18-12-11-17(20(24)13-18)15-25-22-14-21(16-7-3-1-4-8-16)26-27(22)19-9-5-2-6-10-19/h1-15H.